The van der Waals surface area contributed by atoms with E-state index in [1.807, 2.05) is 13.0 Å². The average molecular weight is 305 g/mol. The van der Waals surface area contributed by atoms with Crippen LogP contribution in [0.1, 0.15) is 49.1 Å². The minimum atomic E-state index is -1.13. The third-order valence-electron chi connectivity index (χ3n) is 4.47. The summed E-state index contributed by atoms with van der Waals surface area (Å²) in [6, 6.07) is 6.31. The minimum Gasteiger partial charge on any atom is -0.379 e. The van der Waals surface area contributed by atoms with Gasteiger partial charge < -0.3 is 5.11 Å². The Morgan fingerprint density at radius 3 is 2.71 bits per heavy atom. The van der Waals surface area contributed by atoms with E-state index in [9.17, 15) is 5.11 Å². The van der Waals surface area contributed by atoms with E-state index in [1.165, 1.54) is 24.0 Å². The van der Waals surface area contributed by atoms with Crippen LogP contribution in [0.5, 0.6) is 0 Å². The maximum atomic E-state index is 11.1. The second kappa shape index (κ2) is 5.47. The zero-order valence-electron chi connectivity index (χ0n) is 12.6. The largest absolute Gasteiger partial charge is 0.379 e. The molecule has 1 N–H and O–H groups in total. The van der Waals surface area contributed by atoms with E-state index >= 15 is 0 Å². The second-order valence-electron chi connectivity index (χ2n) is 5.92. The van der Waals surface area contributed by atoms with Crippen LogP contribution in [0.2, 0.25) is 5.02 Å². The lowest BCUT2D eigenvalue weighted by atomic mass is 9.85. The summed E-state index contributed by atoms with van der Waals surface area (Å²) >= 11 is 6.26. The first-order chi connectivity index (χ1) is 10.0. The number of fused-ring (bicyclic) bond motifs is 1. The highest BCUT2D eigenvalue weighted by Crippen LogP contribution is 2.35. The summed E-state index contributed by atoms with van der Waals surface area (Å²) in [5, 5.41) is 15.8. The number of nitrogens with zero attached hydrogens (tertiary/aromatic N) is 2. The fourth-order valence-electron chi connectivity index (χ4n) is 3.26. The van der Waals surface area contributed by atoms with Crippen LogP contribution in [0.3, 0.4) is 0 Å². The Hall–Kier alpha value is -1.32. The SMILES string of the molecule is CCn1ncc(Cl)c1C(C)(O)c1ccc2c(c1)CCCC2. The number of hydrogen-bond donors (Lipinski definition) is 1. The zero-order valence-corrected chi connectivity index (χ0v) is 13.3. The molecule has 1 aliphatic rings. The highest BCUT2D eigenvalue weighted by atomic mass is 35.5. The van der Waals surface area contributed by atoms with Gasteiger partial charge in [0.25, 0.3) is 0 Å². The first kappa shape index (κ1) is 14.6. The predicted octanol–water partition coefficient (Wildman–Crippen LogP) is 3.69. The van der Waals surface area contributed by atoms with E-state index in [1.54, 1.807) is 17.8 Å². The van der Waals surface area contributed by atoms with E-state index in [4.69, 9.17) is 11.6 Å². The summed E-state index contributed by atoms with van der Waals surface area (Å²) in [7, 11) is 0. The first-order valence-corrected chi connectivity index (χ1v) is 7.98. The molecule has 1 aromatic heterocycles. The number of aryl methyl sites for hydroxylation is 3. The molecule has 4 heteroatoms. The van der Waals surface area contributed by atoms with Crippen molar-refractivity contribution in [3.05, 3.63) is 51.8 Å². The van der Waals surface area contributed by atoms with Gasteiger partial charge in [-0.15, -0.1) is 0 Å². The Morgan fingerprint density at radius 2 is 2.00 bits per heavy atom. The normalized spacial score (nSPS) is 17.3. The van der Waals surface area contributed by atoms with Gasteiger partial charge in [-0.3, -0.25) is 4.68 Å². The van der Waals surface area contributed by atoms with Crippen LogP contribution in [-0.4, -0.2) is 14.9 Å². The van der Waals surface area contributed by atoms with E-state index < -0.39 is 5.60 Å². The fraction of sp³-hybridized carbons (Fsp3) is 0.471. The summed E-state index contributed by atoms with van der Waals surface area (Å²) < 4.78 is 1.77. The summed E-state index contributed by atoms with van der Waals surface area (Å²) in [5.74, 6) is 0. The van der Waals surface area contributed by atoms with Crippen molar-refractivity contribution in [3.63, 3.8) is 0 Å². The Bertz CT molecular complexity index is 661. The quantitative estimate of drug-likeness (QED) is 0.939. The predicted molar refractivity (Wildman–Crippen MR) is 84.7 cm³/mol. The van der Waals surface area contributed by atoms with Crippen molar-refractivity contribution < 1.29 is 5.11 Å². The third-order valence-corrected chi connectivity index (χ3v) is 4.74. The molecule has 21 heavy (non-hydrogen) atoms. The summed E-state index contributed by atoms with van der Waals surface area (Å²) in [6.07, 6.45) is 6.34. The molecule has 0 spiro atoms. The molecule has 1 aliphatic carbocycles. The van der Waals surface area contributed by atoms with Crippen LogP contribution < -0.4 is 0 Å². The summed E-state index contributed by atoms with van der Waals surface area (Å²) in [5.41, 5.74) is 3.20. The molecule has 1 unspecified atom stereocenters. The molecular weight excluding hydrogens is 284 g/mol. The number of rotatable bonds is 3. The van der Waals surface area contributed by atoms with Crippen LogP contribution in [0.4, 0.5) is 0 Å². The lowest BCUT2D eigenvalue weighted by molar-refractivity contribution is 0.0917. The van der Waals surface area contributed by atoms with Gasteiger partial charge in [-0.05, 0) is 56.2 Å². The van der Waals surface area contributed by atoms with E-state index in [2.05, 4.69) is 17.2 Å². The van der Waals surface area contributed by atoms with Gasteiger partial charge in [0.2, 0.25) is 0 Å². The average Bonchev–Trinajstić information content (AvgIpc) is 2.88. The Labute approximate surface area is 130 Å². The Balaban J connectivity index is 2.07. The van der Waals surface area contributed by atoms with E-state index in [-0.39, 0.29) is 0 Å². The molecule has 0 radical (unpaired) electrons. The van der Waals surface area contributed by atoms with Crippen molar-refractivity contribution in [3.8, 4) is 0 Å². The van der Waals surface area contributed by atoms with Gasteiger partial charge in [-0.1, -0.05) is 29.8 Å². The van der Waals surface area contributed by atoms with Crippen molar-refractivity contribution >= 4 is 11.6 Å². The van der Waals surface area contributed by atoms with Crippen LogP contribution in [0.15, 0.2) is 24.4 Å². The number of aromatic nitrogens is 2. The van der Waals surface area contributed by atoms with Crippen LogP contribution in [0, 0.1) is 0 Å². The highest BCUT2D eigenvalue weighted by Gasteiger charge is 2.32. The minimum absolute atomic E-state index is 0.513. The lowest BCUT2D eigenvalue weighted by Gasteiger charge is -2.27. The smallest absolute Gasteiger partial charge is 0.130 e. The van der Waals surface area contributed by atoms with Crippen LogP contribution in [-0.2, 0) is 25.0 Å². The van der Waals surface area contributed by atoms with Gasteiger partial charge >= 0.3 is 0 Å². The van der Waals surface area contributed by atoms with Crippen molar-refractivity contribution in [2.45, 2.75) is 51.7 Å². The topological polar surface area (TPSA) is 38.0 Å². The van der Waals surface area contributed by atoms with Crippen molar-refractivity contribution in [2.75, 3.05) is 0 Å². The maximum Gasteiger partial charge on any atom is 0.130 e. The molecule has 0 saturated carbocycles. The molecule has 1 heterocycles. The molecule has 0 aliphatic heterocycles. The molecule has 0 amide bonds. The zero-order chi connectivity index (χ0) is 15.0. The lowest BCUT2D eigenvalue weighted by Crippen LogP contribution is -2.27. The maximum absolute atomic E-state index is 11.1. The van der Waals surface area contributed by atoms with Gasteiger partial charge in [0, 0.05) is 6.54 Å². The van der Waals surface area contributed by atoms with E-state index in [0.29, 0.717) is 17.3 Å². The Kier molecular flexibility index (Phi) is 3.80. The first-order valence-electron chi connectivity index (χ1n) is 7.60. The number of aliphatic hydroxyl groups is 1. The number of benzene rings is 1. The number of hydrogen-bond acceptors (Lipinski definition) is 2. The molecule has 1 aromatic carbocycles. The van der Waals surface area contributed by atoms with E-state index in [0.717, 1.165) is 18.4 Å². The Morgan fingerprint density at radius 1 is 1.29 bits per heavy atom. The summed E-state index contributed by atoms with van der Waals surface area (Å²) in [4.78, 5) is 0. The fourth-order valence-corrected chi connectivity index (χ4v) is 3.58. The molecule has 0 bridgehead atoms. The van der Waals surface area contributed by atoms with Gasteiger partial charge in [0.05, 0.1) is 16.9 Å². The molecule has 3 rings (SSSR count). The molecule has 0 saturated heterocycles. The van der Waals surface area contributed by atoms with Crippen molar-refractivity contribution in [1.82, 2.24) is 9.78 Å². The van der Waals surface area contributed by atoms with Crippen LogP contribution >= 0.6 is 11.6 Å². The van der Waals surface area contributed by atoms with Gasteiger partial charge in [-0.25, -0.2) is 0 Å². The summed E-state index contributed by atoms with van der Waals surface area (Å²) in [6.45, 7) is 4.48. The molecule has 112 valence electrons. The molecule has 2 aromatic rings. The monoisotopic (exact) mass is 304 g/mol. The van der Waals surface area contributed by atoms with Crippen LogP contribution in [0.25, 0.3) is 0 Å². The molecule has 3 nitrogen and oxygen atoms in total. The third kappa shape index (κ3) is 2.49. The van der Waals surface area contributed by atoms with Gasteiger partial charge in [0.1, 0.15) is 5.60 Å². The molecule has 0 fully saturated rings. The second-order valence-corrected chi connectivity index (χ2v) is 6.33. The standard InChI is InChI=1S/C17H21ClN2O/c1-3-20-16(15(18)11-19-20)17(2,21)14-9-8-12-6-4-5-7-13(12)10-14/h8-11,21H,3-7H2,1-2H3. The molecular formula is C17H21ClN2O. The van der Waals surface area contributed by atoms with Gasteiger partial charge in [0.15, 0.2) is 0 Å². The molecule has 1 atom stereocenters. The number of halogens is 1. The van der Waals surface area contributed by atoms with Crippen molar-refractivity contribution in [2.24, 2.45) is 0 Å². The van der Waals surface area contributed by atoms with Gasteiger partial charge in [-0.2, -0.15) is 5.10 Å². The highest BCUT2D eigenvalue weighted by molar-refractivity contribution is 6.31. The van der Waals surface area contributed by atoms with Crippen molar-refractivity contribution in [1.29, 1.82) is 0 Å².